The van der Waals surface area contributed by atoms with Crippen molar-refractivity contribution in [2.45, 2.75) is 77.9 Å². The van der Waals surface area contributed by atoms with Crippen LogP contribution in [-0.4, -0.2) is 59.0 Å². The van der Waals surface area contributed by atoms with Gasteiger partial charge in [-0.25, -0.2) is 0 Å². The van der Waals surface area contributed by atoms with E-state index in [9.17, 15) is 15.0 Å². The molecule has 4 aliphatic rings. The molecule has 2 N–H and O–H groups in total. The minimum absolute atomic E-state index is 0.140. The molecule has 2 bridgehead atoms. The summed E-state index contributed by atoms with van der Waals surface area (Å²) in [5.74, 6) is 3.05. The van der Waals surface area contributed by atoms with Crippen LogP contribution in [0.25, 0.3) is 0 Å². The van der Waals surface area contributed by atoms with Crippen LogP contribution in [0.4, 0.5) is 0 Å². The van der Waals surface area contributed by atoms with E-state index in [2.05, 4.69) is 31.7 Å². The molecule has 1 aliphatic heterocycles. The molecule has 2 unspecified atom stereocenters. The van der Waals surface area contributed by atoms with Crippen LogP contribution in [0.3, 0.4) is 0 Å². The minimum atomic E-state index is -0.788. The molecule has 0 aromatic heterocycles. The monoisotopic (exact) mass is 433 g/mol. The SMILES string of the molecule is CC(=O)O[C@@H]1C[C@@]2(O)[C@H](C)CC[C@@H]([C@H](C)CN3CC4CC(CO)CC(C4)C3)[C@H]2C=C1C. The summed E-state index contributed by atoms with van der Waals surface area (Å²) in [7, 11) is 0. The first kappa shape index (κ1) is 23.3. The van der Waals surface area contributed by atoms with Crippen molar-refractivity contribution >= 4 is 5.97 Å². The summed E-state index contributed by atoms with van der Waals surface area (Å²) in [5.41, 5.74) is 0.308. The van der Waals surface area contributed by atoms with Crippen molar-refractivity contribution in [1.82, 2.24) is 4.90 Å². The number of hydrogen-bond acceptors (Lipinski definition) is 5. The molecule has 1 heterocycles. The molecule has 176 valence electrons. The summed E-state index contributed by atoms with van der Waals surface area (Å²) in [6.07, 6.45) is 8.36. The van der Waals surface area contributed by atoms with Gasteiger partial charge in [0.1, 0.15) is 6.10 Å². The predicted molar refractivity (Wildman–Crippen MR) is 121 cm³/mol. The van der Waals surface area contributed by atoms with Gasteiger partial charge in [-0.2, -0.15) is 0 Å². The number of rotatable bonds is 5. The Hall–Kier alpha value is -0.910. The zero-order valence-corrected chi connectivity index (χ0v) is 19.9. The second-order valence-corrected chi connectivity index (χ2v) is 11.6. The molecule has 5 heteroatoms. The van der Waals surface area contributed by atoms with Crippen LogP contribution >= 0.6 is 0 Å². The number of nitrogens with zero attached hydrogens (tertiary/aromatic N) is 1. The highest BCUT2D eigenvalue weighted by Crippen LogP contribution is 2.51. The summed E-state index contributed by atoms with van der Waals surface area (Å²) >= 11 is 0. The second kappa shape index (κ2) is 9.15. The number of piperidine rings is 1. The molecule has 0 radical (unpaired) electrons. The maximum Gasteiger partial charge on any atom is 0.303 e. The Morgan fingerprint density at radius 1 is 1.26 bits per heavy atom. The van der Waals surface area contributed by atoms with E-state index in [-0.39, 0.29) is 23.9 Å². The fraction of sp³-hybridized carbons (Fsp3) is 0.885. The zero-order valence-electron chi connectivity index (χ0n) is 19.9. The van der Waals surface area contributed by atoms with Crippen LogP contribution in [0.1, 0.15) is 66.2 Å². The fourth-order valence-electron chi connectivity index (χ4n) is 7.64. The molecule has 1 saturated heterocycles. The van der Waals surface area contributed by atoms with Gasteiger partial charge in [-0.3, -0.25) is 4.79 Å². The van der Waals surface area contributed by atoms with E-state index in [4.69, 9.17) is 4.74 Å². The van der Waals surface area contributed by atoms with Gasteiger partial charge in [0.05, 0.1) is 5.60 Å². The van der Waals surface area contributed by atoms with Crippen molar-refractivity contribution in [3.63, 3.8) is 0 Å². The summed E-state index contributed by atoms with van der Waals surface area (Å²) < 4.78 is 5.55. The van der Waals surface area contributed by atoms with Crippen LogP contribution in [-0.2, 0) is 9.53 Å². The van der Waals surface area contributed by atoms with Crippen molar-refractivity contribution in [3.8, 4) is 0 Å². The summed E-state index contributed by atoms with van der Waals surface area (Å²) in [4.78, 5) is 14.2. The number of carbonyl (C=O) groups excluding carboxylic acids is 1. The van der Waals surface area contributed by atoms with Gasteiger partial charge in [0, 0.05) is 45.5 Å². The Morgan fingerprint density at radius 2 is 1.94 bits per heavy atom. The predicted octanol–water partition coefficient (Wildman–Crippen LogP) is 3.64. The Morgan fingerprint density at radius 3 is 2.55 bits per heavy atom. The normalized spacial score (nSPS) is 44.2. The highest BCUT2D eigenvalue weighted by atomic mass is 16.5. The van der Waals surface area contributed by atoms with Crippen LogP contribution in [0, 0.1) is 41.4 Å². The van der Waals surface area contributed by atoms with Crippen LogP contribution in [0.15, 0.2) is 11.6 Å². The number of carbonyl (C=O) groups is 1. The Kier molecular flexibility index (Phi) is 6.86. The lowest BCUT2D eigenvalue weighted by atomic mass is 9.57. The zero-order chi connectivity index (χ0) is 22.3. The smallest absolute Gasteiger partial charge is 0.303 e. The first-order valence-electron chi connectivity index (χ1n) is 12.6. The Labute approximate surface area is 188 Å². The molecule has 3 fully saturated rings. The number of likely N-dealkylation sites (tertiary alicyclic amines) is 1. The van der Waals surface area contributed by atoms with Gasteiger partial charge in [-0.15, -0.1) is 0 Å². The van der Waals surface area contributed by atoms with Gasteiger partial charge >= 0.3 is 5.97 Å². The van der Waals surface area contributed by atoms with Crippen molar-refractivity contribution in [2.24, 2.45) is 41.4 Å². The van der Waals surface area contributed by atoms with Gasteiger partial charge < -0.3 is 19.8 Å². The van der Waals surface area contributed by atoms with E-state index in [1.807, 2.05) is 0 Å². The van der Waals surface area contributed by atoms with Crippen molar-refractivity contribution in [3.05, 3.63) is 11.6 Å². The third-order valence-corrected chi connectivity index (χ3v) is 9.16. The minimum Gasteiger partial charge on any atom is -0.458 e. The van der Waals surface area contributed by atoms with Gasteiger partial charge in [0.15, 0.2) is 0 Å². The van der Waals surface area contributed by atoms with Crippen LogP contribution in [0.2, 0.25) is 0 Å². The molecular formula is C26H43NO4. The molecule has 4 rings (SSSR count). The fourth-order valence-corrected chi connectivity index (χ4v) is 7.64. The molecule has 2 saturated carbocycles. The molecule has 0 spiro atoms. The average Bonchev–Trinajstić information content (AvgIpc) is 2.69. The molecule has 0 aromatic carbocycles. The van der Waals surface area contributed by atoms with Gasteiger partial charge in [0.25, 0.3) is 0 Å². The highest BCUT2D eigenvalue weighted by molar-refractivity contribution is 5.66. The van der Waals surface area contributed by atoms with Crippen molar-refractivity contribution in [2.75, 3.05) is 26.2 Å². The standard InChI is InChI=1S/C26H43NO4/c1-16-7-24-23(6-5-18(3)26(24,30)11-25(16)31-19(4)29)17(2)12-27-13-20-8-21(14-27)10-22(9-20)15-28/h7,17-18,20-25,28,30H,5-6,8-15H2,1-4H3/t17-,18-,20?,21?,22?,23+,24-,25-,26-/m1/s1. The summed E-state index contributed by atoms with van der Waals surface area (Å²) in [6, 6.07) is 0. The molecule has 5 nitrogen and oxygen atoms in total. The first-order chi connectivity index (χ1) is 14.7. The van der Waals surface area contributed by atoms with Crippen molar-refractivity contribution in [1.29, 1.82) is 0 Å². The third-order valence-electron chi connectivity index (χ3n) is 9.16. The first-order valence-corrected chi connectivity index (χ1v) is 12.6. The van der Waals surface area contributed by atoms with E-state index in [1.165, 1.54) is 39.3 Å². The number of aliphatic hydroxyl groups excluding tert-OH is 1. The third kappa shape index (κ3) is 4.74. The topological polar surface area (TPSA) is 70.0 Å². The van der Waals surface area contributed by atoms with Gasteiger partial charge in [-0.1, -0.05) is 19.9 Å². The van der Waals surface area contributed by atoms with Crippen LogP contribution < -0.4 is 0 Å². The molecule has 31 heavy (non-hydrogen) atoms. The molecular weight excluding hydrogens is 390 g/mol. The van der Waals surface area contributed by atoms with Crippen LogP contribution in [0.5, 0.6) is 0 Å². The van der Waals surface area contributed by atoms with E-state index in [1.54, 1.807) is 0 Å². The lowest BCUT2D eigenvalue weighted by Crippen LogP contribution is -2.56. The number of hydrogen-bond donors (Lipinski definition) is 2. The number of esters is 1. The van der Waals surface area contributed by atoms with E-state index >= 15 is 0 Å². The largest absolute Gasteiger partial charge is 0.458 e. The lowest BCUT2D eigenvalue weighted by Gasteiger charge is -2.53. The summed E-state index contributed by atoms with van der Waals surface area (Å²) in [5, 5.41) is 21.4. The van der Waals surface area contributed by atoms with Gasteiger partial charge in [-0.05, 0) is 80.1 Å². The quantitative estimate of drug-likeness (QED) is 0.512. The maximum absolute atomic E-state index is 11.8. The maximum atomic E-state index is 11.8. The van der Waals surface area contributed by atoms with E-state index in [0.29, 0.717) is 30.8 Å². The van der Waals surface area contributed by atoms with E-state index < -0.39 is 5.60 Å². The van der Waals surface area contributed by atoms with Crippen molar-refractivity contribution < 1.29 is 19.7 Å². The Bertz CT molecular complexity index is 679. The number of aliphatic hydroxyl groups is 2. The van der Waals surface area contributed by atoms with E-state index in [0.717, 1.165) is 36.8 Å². The lowest BCUT2D eigenvalue weighted by molar-refractivity contribution is -0.159. The van der Waals surface area contributed by atoms with Gasteiger partial charge in [0.2, 0.25) is 0 Å². The number of fused-ring (bicyclic) bond motifs is 3. The average molecular weight is 434 g/mol. The molecule has 0 aromatic rings. The molecule has 8 atom stereocenters. The Balaban J connectivity index is 1.45. The highest BCUT2D eigenvalue weighted by Gasteiger charge is 2.53. The molecule has 3 aliphatic carbocycles. The molecule has 0 amide bonds. The second-order valence-electron chi connectivity index (χ2n) is 11.6. The number of ether oxygens (including phenoxy) is 1. The summed E-state index contributed by atoms with van der Waals surface area (Å²) in [6.45, 7) is 11.8.